The minimum Gasteiger partial charge on any atom is -0.480 e. The number of ether oxygens (including phenoxy) is 1. The molecular weight excluding hydrogens is 456 g/mol. The van der Waals surface area contributed by atoms with Gasteiger partial charge in [0, 0.05) is 12.7 Å². The summed E-state index contributed by atoms with van der Waals surface area (Å²) in [5, 5.41) is 16.8. The summed E-state index contributed by atoms with van der Waals surface area (Å²) in [7, 11) is 1.48. The summed E-state index contributed by atoms with van der Waals surface area (Å²) in [4.78, 5) is 17.0. The van der Waals surface area contributed by atoms with Crippen LogP contribution in [-0.2, 0) is 12.6 Å². The van der Waals surface area contributed by atoms with Crippen LogP contribution in [0.4, 0.5) is 23.2 Å². The largest absolute Gasteiger partial charge is 0.480 e. The number of amides is 1. The maximum atomic E-state index is 15.1. The van der Waals surface area contributed by atoms with E-state index in [-0.39, 0.29) is 17.2 Å². The van der Waals surface area contributed by atoms with E-state index in [1.165, 1.54) is 25.6 Å². The fraction of sp³-hybridized carbons (Fsp3) is 0.348. The van der Waals surface area contributed by atoms with E-state index in [1.807, 2.05) is 0 Å². The molecule has 0 fully saturated rings. The molecule has 34 heavy (non-hydrogen) atoms. The summed E-state index contributed by atoms with van der Waals surface area (Å²) < 4.78 is 61.0. The molecule has 7 nitrogen and oxygen atoms in total. The molecular formula is C23H24F4N4O3. The van der Waals surface area contributed by atoms with Crippen molar-refractivity contribution < 1.29 is 32.2 Å². The van der Waals surface area contributed by atoms with Gasteiger partial charge in [0.05, 0.1) is 11.1 Å². The second-order valence-electron chi connectivity index (χ2n) is 8.34. The second-order valence-corrected chi connectivity index (χ2v) is 8.34. The number of benzene rings is 2. The Morgan fingerprint density at radius 3 is 2.41 bits per heavy atom. The van der Waals surface area contributed by atoms with E-state index >= 15 is 4.39 Å². The molecule has 0 aliphatic carbocycles. The summed E-state index contributed by atoms with van der Waals surface area (Å²) in [6.07, 6.45) is -7.00. The highest BCUT2D eigenvalue weighted by atomic mass is 19.4. The van der Waals surface area contributed by atoms with Crippen LogP contribution in [-0.4, -0.2) is 38.1 Å². The predicted molar refractivity (Wildman–Crippen MR) is 117 cm³/mol. The van der Waals surface area contributed by atoms with E-state index in [1.54, 1.807) is 31.2 Å². The van der Waals surface area contributed by atoms with Crippen LogP contribution >= 0.6 is 0 Å². The van der Waals surface area contributed by atoms with Gasteiger partial charge in [-0.1, -0.05) is 18.2 Å². The highest BCUT2D eigenvalue weighted by Gasteiger charge is 2.39. The Balaban J connectivity index is 2.10. The highest BCUT2D eigenvalue weighted by Crippen LogP contribution is 2.34. The Kier molecular flexibility index (Phi) is 6.70. The lowest BCUT2D eigenvalue weighted by Gasteiger charge is -2.20. The number of hydrogen-bond acceptors (Lipinski definition) is 5. The van der Waals surface area contributed by atoms with Crippen molar-refractivity contribution >= 4 is 11.6 Å². The summed E-state index contributed by atoms with van der Waals surface area (Å²) in [6.45, 7) is 5.41. The van der Waals surface area contributed by atoms with Crippen LogP contribution in [0.2, 0.25) is 0 Å². The number of aryl methyl sites for hydroxylation is 2. The Labute approximate surface area is 193 Å². The first-order valence-electron chi connectivity index (χ1n) is 10.3. The first-order valence-corrected chi connectivity index (χ1v) is 10.3. The van der Waals surface area contributed by atoms with Crippen LogP contribution in [0.3, 0.4) is 0 Å². The molecule has 2 aromatic carbocycles. The normalized spacial score (nSPS) is 13.0. The molecule has 1 atom stereocenters. The van der Waals surface area contributed by atoms with Gasteiger partial charge in [-0.25, -0.2) is 14.1 Å². The molecule has 0 unspecified atom stereocenters. The molecule has 0 saturated heterocycles. The molecule has 1 amide bonds. The van der Waals surface area contributed by atoms with E-state index in [0.29, 0.717) is 11.3 Å². The van der Waals surface area contributed by atoms with Crippen molar-refractivity contribution in [2.75, 3.05) is 5.32 Å². The van der Waals surface area contributed by atoms with Crippen molar-refractivity contribution in [3.8, 4) is 17.1 Å². The van der Waals surface area contributed by atoms with Crippen LogP contribution in [0.5, 0.6) is 5.75 Å². The predicted octanol–water partition coefficient (Wildman–Crippen LogP) is 4.74. The van der Waals surface area contributed by atoms with Crippen LogP contribution in [0.15, 0.2) is 36.4 Å². The molecule has 3 aromatic rings. The van der Waals surface area contributed by atoms with Crippen molar-refractivity contribution in [2.24, 2.45) is 7.05 Å². The molecule has 11 heteroatoms. The molecule has 0 radical (unpaired) electrons. The number of aliphatic hydroxyl groups is 1. The van der Waals surface area contributed by atoms with E-state index in [2.05, 4.69) is 15.4 Å². The smallest absolute Gasteiger partial charge is 0.425 e. The summed E-state index contributed by atoms with van der Waals surface area (Å²) in [5.41, 5.74) is -1.01. The Hall–Kier alpha value is -3.47. The maximum absolute atomic E-state index is 15.1. The van der Waals surface area contributed by atoms with Gasteiger partial charge in [-0.05, 0) is 51.5 Å². The number of hydrogen-bond donors (Lipinski definition) is 2. The zero-order valence-corrected chi connectivity index (χ0v) is 19.2. The molecule has 0 aliphatic rings. The van der Waals surface area contributed by atoms with Gasteiger partial charge in [-0.3, -0.25) is 4.79 Å². The number of halogens is 4. The monoisotopic (exact) mass is 480 g/mol. The van der Waals surface area contributed by atoms with E-state index < -0.39 is 40.9 Å². The third-order valence-corrected chi connectivity index (χ3v) is 5.02. The number of carbonyl (C=O) groups is 1. The highest BCUT2D eigenvalue weighted by molar-refractivity contribution is 6.07. The summed E-state index contributed by atoms with van der Waals surface area (Å²) >= 11 is 0. The van der Waals surface area contributed by atoms with Crippen molar-refractivity contribution in [3.05, 3.63) is 59.2 Å². The molecule has 1 aromatic heterocycles. The Morgan fingerprint density at radius 2 is 1.85 bits per heavy atom. The molecule has 2 N–H and O–H groups in total. The van der Waals surface area contributed by atoms with Crippen molar-refractivity contribution in [2.45, 2.75) is 45.6 Å². The Morgan fingerprint density at radius 1 is 1.21 bits per heavy atom. The van der Waals surface area contributed by atoms with E-state index in [0.717, 1.165) is 19.1 Å². The fourth-order valence-corrected chi connectivity index (χ4v) is 3.19. The second kappa shape index (κ2) is 9.05. The van der Waals surface area contributed by atoms with Crippen LogP contribution < -0.4 is 10.1 Å². The summed E-state index contributed by atoms with van der Waals surface area (Å²) in [5.74, 6) is -2.38. The number of rotatable bonds is 6. The number of nitrogens with one attached hydrogen (secondary N) is 1. The fourth-order valence-electron chi connectivity index (χ4n) is 3.19. The maximum Gasteiger partial charge on any atom is 0.425 e. The van der Waals surface area contributed by atoms with Crippen LogP contribution in [0.1, 0.15) is 42.5 Å². The third-order valence-electron chi connectivity index (χ3n) is 5.02. The van der Waals surface area contributed by atoms with Gasteiger partial charge in [-0.2, -0.15) is 18.3 Å². The summed E-state index contributed by atoms with van der Waals surface area (Å²) in [6, 6.07) is 8.49. The minimum atomic E-state index is -4.73. The standard InChI is InChI=1S/C23H24F4N4O3/c1-12-8-6-7-9-17(12)28-20(32)15-10-16(24)14(11-18(15)34-13(2)23(25,26)27)19-29-21(22(3,4)33)31(5)30-19/h6-11,13,33H,1-5H3,(H,28,32)/t13-/m0/s1. The average molecular weight is 480 g/mol. The SMILES string of the molecule is Cc1ccccc1NC(=O)c1cc(F)c(-c2nc(C(C)(C)O)n(C)n2)cc1O[C@@H](C)C(F)(F)F. The van der Waals surface area contributed by atoms with Crippen molar-refractivity contribution in [1.82, 2.24) is 14.8 Å². The van der Waals surface area contributed by atoms with Crippen molar-refractivity contribution in [3.63, 3.8) is 0 Å². The number of carbonyl (C=O) groups excluding carboxylic acids is 1. The van der Waals surface area contributed by atoms with Gasteiger partial charge in [0.15, 0.2) is 17.8 Å². The average Bonchev–Trinajstić information content (AvgIpc) is 3.11. The van der Waals surface area contributed by atoms with E-state index in [9.17, 15) is 23.1 Å². The number of aromatic nitrogens is 3. The topological polar surface area (TPSA) is 89.3 Å². The number of nitrogens with zero attached hydrogens (tertiary/aromatic N) is 3. The first-order chi connectivity index (χ1) is 15.7. The number of anilines is 1. The molecule has 182 valence electrons. The first kappa shape index (κ1) is 25.2. The Bertz CT molecular complexity index is 1220. The molecule has 0 aliphatic heterocycles. The van der Waals surface area contributed by atoms with Gasteiger partial charge in [0.1, 0.15) is 17.2 Å². The zero-order valence-electron chi connectivity index (χ0n) is 19.2. The third kappa shape index (κ3) is 5.36. The molecule has 0 bridgehead atoms. The van der Waals surface area contributed by atoms with Crippen molar-refractivity contribution in [1.29, 1.82) is 0 Å². The quantitative estimate of drug-likeness (QED) is 0.498. The van der Waals surface area contributed by atoms with Crippen LogP contribution in [0, 0.1) is 12.7 Å². The zero-order chi connectivity index (χ0) is 25.4. The molecule has 0 spiro atoms. The lowest BCUT2D eigenvalue weighted by atomic mass is 10.1. The number of para-hydroxylation sites is 1. The minimum absolute atomic E-state index is 0.106. The molecule has 0 saturated carbocycles. The lowest BCUT2D eigenvalue weighted by Crippen LogP contribution is -2.32. The lowest BCUT2D eigenvalue weighted by molar-refractivity contribution is -0.189. The van der Waals surface area contributed by atoms with Gasteiger partial charge < -0.3 is 15.2 Å². The van der Waals surface area contributed by atoms with Gasteiger partial charge in [-0.15, -0.1) is 0 Å². The van der Waals surface area contributed by atoms with Gasteiger partial charge in [0.25, 0.3) is 5.91 Å². The molecule has 3 rings (SSSR count). The van der Waals surface area contributed by atoms with E-state index in [4.69, 9.17) is 4.74 Å². The van der Waals surface area contributed by atoms with Gasteiger partial charge in [0.2, 0.25) is 0 Å². The van der Waals surface area contributed by atoms with Crippen LogP contribution in [0.25, 0.3) is 11.4 Å². The number of alkyl halides is 3. The van der Waals surface area contributed by atoms with Gasteiger partial charge >= 0.3 is 6.18 Å². The molecule has 1 heterocycles.